The van der Waals surface area contributed by atoms with Crippen LogP contribution in [0.4, 0.5) is 11.5 Å². The first-order valence-corrected chi connectivity index (χ1v) is 7.99. The number of rotatable bonds is 4. The van der Waals surface area contributed by atoms with E-state index in [9.17, 15) is 0 Å². The SMILES string of the molecule is CSc1ncc(N(C)c2ccccc2)n1-c1ccccc1. The number of hydrogen-bond donors (Lipinski definition) is 0. The van der Waals surface area contributed by atoms with Gasteiger partial charge in [-0.2, -0.15) is 0 Å². The predicted molar refractivity (Wildman–Crippen MR) is 89.9 cm³/mol. The van der Waals surface area contributed by atoms with Crippen LogP contribution in [0, 0.1) is 0 Å². The van der Waals surface area contributed by atoms with Gasteiger partial charge in [0.15, 0.2) is 5.16 Å². The fourth-order valence-corrected chi connectivity index (χ4v) is 2.85. The summed E-state index contributed by atoms with van der Waals surface area (Å²) in [4.78, 5) is 6.69. The molecule has 0 spiro atoms. The fourth-order valence-electron chi connectivity index (χ4n) is 2.31. The second-order valence-electron chi connectivity index (χ2n) is 4.67. The van der Waals surface area contributed by atoms with E-state index in [1.807, 2.05) is 48.9 Å². The monoisotopic (exact) mass is 295 g/mol. The van der Waals surface area contributed by atoms with Crippen LogP contribution in [0.2, 0.25) is 0 Å². The average molecular weight is 295 g/mol. The summed E-state index contributed by atoms with van der Waals surface area (Å²) in [7, 11) is 2.07. The number of benzene rings is 2. The third-order valence-corrected chi connectivity index (χ3v) is 4.05. The second-order valence-corrected chi connectivity index (χ2v) is 5.44. The van der Waals surface area contributed by atoms with Gasteiger partial charge in [0.25, 0.3) is 0 Å². The van der Waals surface area contributed by atoms with Crippen molar-refractivity contribution in [3.05, 3.63) is 66.9 Å². The minimum atomic E-state index is 0.985. The Hall–Kier alpha value is -2.20. The van der Waals surface area contributed by atoms with Gasteiger partial charge in [-0.05, 0) is 30.5 Å². The Labute approximate surface area is 129 Å². The zero-order chi connectivity index (χ0) is 14.7. The van der Waals surface area contributed by atoms with Crippen molar-refractivity contribution < 1.29 is 0 Å². The van der Waals surface area contributed by atoms with Crippen molar-refractivity contribution >= 4 is 23.3 Å². The molecule has 2 aromatic carbocycles. The molecule has 0 aliphatic rings. The largest absolute Gasteiger partial charge is 0.329 e. The highest BCUT2D eigenvalue weighted by molar-refractivity contribution is 7.98. The first-order chi connectivity index (χ1) is 10.3. The zero-order valence-electron chi connectivity index (χ0n) is 12.1. The van der Waals surface area contributed by atoms with Crippen molar-refractivity contribution in [3.8, 4) is 5.69 Å². The second kappa shape index (κ2) is 6.06. The molecule has 0 radical (unpaired) electrons. The Morgan fingerprint density at radius 1 is 0.952 bits per heavy atom. The number of para-hydroxylation sites is 2. The van der Waals surface area contributed by atoms with Gasteiger partial charge >= 0.3 is 0 Å². The Bertz CT molecular complexity index is 707. The molecule has 0 fully saturated rings. The molecular formula is C17H17N3S. The molecule has 1 aromatic heterocycles. The van der Waals surface area contributed by atoms with Crippen molar-refractivity contribution in [1.29, 1.82) is 0 Å². The summed E-state index contributed by atoms with van der Waals surface area (Å²) in [6.07, 6.45) is 3.97. The number of nitrogens with zero attached hydrogens (tertiary/aromatic N) is 3. The summed E-state index contributed by atoms with van der Waals surface area (Å²) in [5.74, 6) is 1.05. The Morgan fingerprint density at radius 3 is 2.19 bits per heavy atom. The highest BCUT2D eigenvalue weighted by Gasteiger charge is 2.15. The maximum absolute atomic E-state index is 4.54. The van der Waals surface area contributed by atoms with Crippen molar-refractivity contribution in [2.75, 3.05) is 18.2 Å². The lowest BCUT2D eigenvalue weighted by Gasteiger charge is -2.21. The molecule has 106 valence electrons. The van der Waals surface area contributed by atoms with Crippen molar-refractivity contribution in [1.82, 2.24) is 9.55 Å². The van der Waals surface area contributed by atoms with Gasteiger partial charge in [0.2, 0.25) is 0 Å². The lowest BCUT2D eigenvalue weighted by Crippen LogP contribution is -2.14. The molecule has 1 heterocycles. The Kier molecular flexibility index (Phi) is 3.97. The van der Waals surface area contributed by atoms with Crippen LogP contribution in [-0.2, 0) is 0 Å². The Morgan fingerprint density at radius 2 is 1.57 bits per heavy atom. The van der Waals surface area contributed by atoms with E-state index < -0.39 is 0 Å². The first kappa shape index (κ1) is 13.8. The van der Waals surface area contributed by atoms with E-state index >= 15 is 0 Å². The molecule has 0 amide bonds. The number of hydrogen-bond acceptors (Lipinski definition) is 3. The molecule has 0 unspecified atom stereocenters. The number of imidazole rings is 1. The van der Waals surface area contributed by atoms with Gasteiger partial charge in [-0.1, -0.05) is 48.2 Å². The van der Waals surface area contributed by atoms with Crippen LogP contribution < -0.4 is 4.90 Å². The standard InChI is InChI=1S/C17H17N3S/c1-19(14-9-5-3-6-10-14)16-13-18-17(21-2)20(16)15-11-7-4-8-12-15/h3-13H,1-2H3. The predicted octanol–water partition coefficient (Wildman–Crippen LogP) is 4.36. The maximum Gasteiger partial charge on any atom is 0.174 e. The molecule has 3 rings (SSSR count). The van der Waals surface area contributed by atoms with E-state index in [0.29, 0.717) is 0 Å². The summed E-state index contributed by atoms with van der Waals surface area (Å²) >= 11 is 1.65. The van der Waals surface area contributed by atoms with E-state index in [0.717, 1.165) is 22.3 Å². The summed E-state index contributed by atoms with van der Waals surface area (Å²) in [6, 6.07) is 20.6. The van der Waals surface area contributed by atoms with E-state index in [-0.39, 0.29) is 0 Å². The van der Waals surface area contributed by atoms with Crippen LogP contribution in [-0.4, -0.2) is 22.9 Å². The summed E-state index contributed by atoms with van der Waals surface area (Å²) in [5.41, 5.74) is 2.26. The third-order valence-electron chi connectivity index (χ3n) is 3.39. The fraction of sp³-hybridized carbons (Fsp3) is 0.118. The number of aromatic nitrogens is 2. The van der Waals surface area contributed by atoms with Gasteiger partial charge in [0, 0.05) is 18.4 Å². The van der Waals surface area contributed by atoms with Gasteiger partial charge < -0.3 is 4.90 Å². The number of anilines is 2. The minimum absolute atomic E-state index is 0.985. The van der Waals surface area contributed by atoms with Gasteiger partial charge in [-0.15, -0.1) is 0 Å². The maximum atomic E-state index is 4.54. The third kappa shape index (κ3) is 2.67. The van der Waals surface area contributed by atoms with Crippen LogP contribution in [0.3, 0.4) is 0 Å². The molecule has 0 aliphatic carbocycles. The van der Waals surface area contributed by atoms with E-state index in [1.54, 1.807) is 11.8 Å². The lowest BCUT2D eigenvalue weighted by molar-refractivity contribution is 0.884. The Balaban J connectivity index is 2.10. The lowest BCUT2D eigenvalue weighted by atomic mass is 10.3. The number of thioether (sulfide) groups is 1. The molecule has 21 heavy (non-hydrogen) atoms. The van der Waals surface area contributed by atoms with E-state index in [2.05, 4.69) is 45.8 Å². The molecule has 4 heteroatoms. The zero-order valence-corrected chi connectivity index (χ0v) is 12.9. The van der Waals surface area contributed by atoms with Crippen LogP contribution in [0.1, 0.15) is 0 Å². The molecule has 0 saturated heterocycles. The summed E-state index contributed by atoms with van der Waals surface area (Å²) < 4.78 is 2.18. The normalized spacial score (nSPS) is 10.6. The highest BCUT2D eigenvalue weighted by atomic mass is 32.2. The quantitative estimate of drug-likeness (QED) is 0.667. The highest BCUT2D eigenvalue weighted by Crippen LogP contribution is 2.30. The molecule has 3 aromatic rings. The van der Waals surface area contributed by atoms with E-state index in [1.165, 1.54) is 0 Å². The molecule has 0 bridgehead atoms. The smallest absolute Gasteiger partial charge is 0.174 e. The minimum Gasteiger partial charge on any atom is -0.329 e. The van der Waals surface area contributed by atoms with Crippen molar-refractivity contribution in [2.45, 2.75) is 5.16 Å². The molecule has 0 saturated carbocycles. The molecular weight excluding hydrogens is 278 g/mol. The van der Waals surface area contributed by atoms with E-state index in [4.69, 9.17) is 0 Å². The topological polar surface area (TPSA) is 21.1 Å². The molecule has 0 aliphatic heterocycles. The summed E-state index contributed by atoms with van der Waals surface area (Å²) in [5, 5.41) is 0.985. The first-order valence-electron chi connectivity index (χ1n) is 6.77. The van der Waals surface area contributed by atoms with Crippen molar-refractivity contribution in [2.24, 2.45) is 0 Å². The molecule has 0 N–H and O–H groups in total. The van der Waals surface area contributed by atoms with Crippen LogP contribution in [0.15, 0.2) is 72.0 Å². The van der Waals surface area contributed by atoms with Gasteiger partial charge in [0.1, 0.15) is 5.82 Å². The summed E-state index contributed by atoms with van der Waals surface area (Å²) in [6.45, 7) is 0. The average Bonchev–Trinajstić information content (AvgIpc) is 2.99. The molecule has 3 nitrogen and oxygen atoms in total. The van der Waals surface area contributed by atoms with Crippen LogP contribution in [0.25, 0.3) is 5.69 Å². The van der Waals surface area contributed by atoms with Gasteiger partial charge in [-0.25, -0.2) is 4.98 Å². The van der Waals surface area contributed by atoms with Crippen molar-refractivity contribution in [3.63, 3.8) is 0 Å². The van der Waals surface area contributed by atoms with Crippen LogP contribution in [0.5, 0.6) is 0 Å². The van der Waals surface area contributed by atoms with Gasteiger partial charge in [-0.3, -0.25) is 4.57 Å². The van der Waals surface area contributed by atoms with Crippen LogP contribution >= 0.6 is 11.8 Å². The molecule has 0 atom stereocenters. The van der Waals surface area contributed by atoms with Gasteiger partial charge in [0.05, 0.1) is 6.20 Å².